The number of hydrogen-bond acceptors (Lipinski definition) is 2. The van der Waals surface area contributed by atoms with Gasteiger partial charge in [-0.25, -0.2) is 0 Å². The van der Waals surface area contributed by atoms with Crippen LogP contribution in [0.25, 0.3) is 10.9 Å². The molecule has 1 N–H and O–H groups in total. The minimum atomic E-state index is 0.477. The van der Waals surface area contributed by atoms with E-state index in [4.69, 9.17) is 4.98 Å². The van der Waals surface area contributed by atoms with Gasteiger partial charge in [-0.05, 0) is 36.5 Å². The third-order valence-corrected chi connectivity index (χ3v) is 4.35. The van der Waals surface area contributed by atoms with Crippen LogP contribution in [0, 0.1) is 0 Å². The minimum Gasteiger partial charge on any atom is -0.310 e. The fourth-order valence-electron chi connectivity index (χ4n) is 3.10. The summed E-state index contributed by atoms with van der Waals surface area (Å²) in [6.07, 6.45) is 5.43. The third kappa shape index (κ3) is 2.85. The molecule has 2 aromatic rings. The summed E-state index contributed by atoms with van der Waals surface area (Å²) in [5.74, 6) is 0.477. The molecular formula is C18H24N2. The SMILES string of the molecule is CC(C)c1cc(CNC2CCCC2)c2ccccc2n1. The van der Waals surface area contributed by atoms with Gasteiger partial charge < -0.3 is 5.32 Å². The fraction of sp³-hybridized carbons (Fsp3) is 0.500. The summed E-state index contributed by atoms with van der Waals surface area (Å²) >= 11 is 0. The van der Waals surface area contributed by atoms with E-state index in [2.05, 4.69) is 49.5 Å². The van der Waals surface area contributed by atoms with Crippen molar-refractivity contribution in [2.75, 3.05) is 0 Å². The molecule has 106 valence electrons. The number of rotatable bonds is 4. The Bertz CT molecular complexity index is 583. The molecule has 1 saturated carbocycles. The lowest BCUT2D eigenvalue weighted by Gasteiger charge is -2.15. The van der Waals surface area contributed by atoms with Crippen molar-refractivity contribution in [1.29, 1.82) is 0 Å². The Balaban J connectivity index is 1.90. The molecule has 20 heavy (non-hydrogen) atoms. The lowest BCUT2D eigenvalue weighted by atomic mass is 10.0. The topological polar surface area (TPSA) is 24.9 Å². The van der Waals surface area contributed by atoms with Gasteiger partial charge in [0.2, 0.25) is 0 Å². The van der Waals surface area contributed by atoms with Gasteiger partial charge >= 0.3 is 0 Å². The summed E-state index contributed by atoms with van der Waals surface area (Å²) in [4.78, 5) is 4.79. The standard InChI is InChI=1S/C18H24N2/c1-13(2)18-11-14(12-19-15-7-3-4-8-15)16-9-5-6-10-17(16)20-18/h5-6,9-11,13,15,19H,3-4,7-8,12H2,1-2H3. The van der Waals surface area contributed by atoms with Gasteiger partial charge in [-0.15, -0.1) is 0 Å². The van der Waals surface area contributed by atoms with Crippen LogP contribution in [0.2, 0.25) is 0 Å². The van der Waals surface area contributed by atoms with Crippen LogP contribution in [0.1, 0.15) is 56.7 Å². The second-order valence-corrected chi connectivity index (χ2v) is 6.24. The van der Waals surface area contributed by atoms with E-state index in [1.54, 1.807) is 0 Å². The first-order chi connectivity index (χ1) is 9.74. The molecule has 0 bridgehead atoms. The molecule has 0 aliphatic heterocycles. The Labute approximate surface area is 121 Å². The number of pyridine rings is 1. The van der Waals surface area contributed by atoms with E-state index in [0.717, 1.165) is 12.1 Å². The van der Waals surface area contributed by atoms with E-state index in [1.807, 2.05) is 0 Å². The van der Waals surface area contributed by atoms with Crippen LogP contribution in [-0.2, 0) is 6.54 Å². The van der Waals surface area contributed by atoms with Gasteiger partial charge in [0, 0.05) is 23.7 Å². The summed E-state index contributed by atoms with van der Waals surface area (Å²) in [5.41, 5.74) is 3.72. The Kier molecular flexibility index (Phi) is 4.02. The lowest BCUT2D eigenvalue weighted by Crippen LogP contribution is -2.25. The van der Waals surface area contributed by atoms with Crippen molar-refractivity contribution in [1.82, 2.24) is 10.3 Å². The second-order valence-electron chi connectivity index (χ2n) is 6.24. The van der Waals surface area contributed by atoms with E-state index in [1.165, 1.54) is 42.3 Å². The molecule has 1 aliphatic rings. The molecule has 1 heterocycles. The van der Waals surface area contributed by atoms with Crippen LogP contribution >= 0.6 is 0 Å². The highest BCUT2D eigenvalue weighted by Gasteiger charge is 2.15. The summed E-state index contributed by atoms with van der Waals surface area (Å²) in [5, 5.41) is 5.02. The third-order valence-electron chi connectivity index (χ3n) is 4.35. The maximum atomic E-state index is 4.79. The molecule has 1 fully saturated rings. The molecule has 0 radical (unpaired) electrons. The summed E-state index contributed by atoms with van der Waals surface area (Å²) in [7, 11) is 0. The molecule has 0 amide bonds. The molecule has 1 aliphatic carbocycles. The molecule has 3 rings (SSSR count). The van der Waals surface area contributed by atoms with Crippen LogP contribution in [0.5, 0.6) is 0 Å². The van der Waals surface area contributed by atoms with Gasteiger partial charge in [0.05, 0.1) is 5.52 Å². The molecule has 0 spiro atoms. The number of nitrogens with zero attached hydrogens (tertiary/aromatic N) is 1. The van der Waals surface area contributed by atoms with Crippen molar-refractivity contribution in [2.24, 2.45) is 0 Å². The Morgan fingerprint density at radius 1 is 1.20 bits per heavy atom. The number of hydrogen-bond donors (Lipinski definition) is 1. The zero-order chi connectivity index (χ0) is 13.9. The quantitative estimate of drug-likeness (QED) is 0.889. The summed E-state index contributed by atoms with van der Waals surface area (Å²) < 4.78 is 0. The van der Waals surface area contributed by atoms with E-state index in [-0.39, 0.29) is 0 Å². The first-order valence-electron chi connectivity index (χ1n) is 7.86. The maximum Gasteiger partial charge on any atom is 0.0708 e. The average Bonchev–Trinajstić information content (AvgIpc) is 2.97. The highest BCUT2D eigenvalue weighted by atomic mass is 14.9. The maximum absolute atomic E-state index is 4.79. The largest absolute Gasteiger partial charge is 0.310 e. The molecule has 1 aromatic heterocycles. The zero-order valence-electron chi connectivity index (χ0n) is 12.5. The van der Waals surface area contributed by atoms with Gasteiger partial charge in [0.25, 0.3) is 0 Å². The van der Waals surface area contributed by atoms with Crippen molar-refractivity contribution in [3.05, 3.63) is 41.6 Å². The summed E-state index contributed by atoms with van der Waals surface area (Å²) in [6, 6.07) is 11.5. The zero-order valence-corrected chi connectivity index (χ0v) is 12.5. The number of nitrogens with one attached hydrogen (secondary N) is 1. The number of para-hydroxylation sites is 1. The van der Waals surface area contributed by atoms with Gasteiger partial charge in [0.15, 0.2) is 0 Å². The minimum absolute atomic E-state index is 0.477. The molecule has 0 saturated heterocycles. The molecule has 2 nitrogen and oxygen atoms in total. The Morgan fingerprint density at radius 2 is 1.95 bits per heavy atom. The number of benzene rings is 1. The van der Waals surface area contributed by atoms with Crippen molar-refractivity contribution in [3.63, 3.8) is 0 Å². The second kappa shape index (κ2) is 5.92. The van der Waals surface area contributed by atoms with E-state index in [0.29, 0.717) is 12.0 Å². The van der Waals surface area contributed by atoms with Gasteiger partial charge in [-0.3, -0.25) is 4.98 Å². The first-order valence-corrected chi connectivity index (χ1v) is 7.86. The predicted octanol–water partition coefficient (Wildman–Crippen LogP) is 4.39. The van der Waals surface area contributed by atoms with E-state index >= 15 is 0 Å². The smallest absolute Gasteiger partial charge is 0.0708 e. The Morgan fingerprint density at radius 3 is 2.70 bits per heavy atom. The Hall–Kier alpha value is -1.41. The van der Waals surface area contributed by atoms with Crippen molar-refractivity contribution < 1.29 is 0 Å². The molecule has 1 aromatic carbocycles. The first kappa shape index (κ1) is 13.6. The summed E-state index contributed by atoms with van der Waals surface area (Å²) in [6.45, 7) is 5.39. The van der Waals surface area contributed by atoms with Crippen LogP contribution in [0.15, 0.2) is 30.3 Å². The van der Waals surface area contributed by atoms with Crippen molar-refractivity contribution >= 4 is 10.9 Å². The predicted molar refractivity (Wildman–Crippen MR) is 84.9 cm³/mol. The van der Waals surface area contributed by atoms with Gasteiger partial charge in [0.1, 0.15) is 0 Å². The molecule has 2 heteroatoms. The van der Waals surface area contributed by atoms with Crippen LogP contribution < -0.4 is 5.32 Å². The van der Waals surface area contributed by atoms with Crippen LogP contribution in [0.4, 0.5) is 0 Å². The van der Waals surface area contributed by atoms with E-state index < -0.39 is 0 Å². The van der Waals surface area contributed by atoms with Gasteiger partial charge in [-0.1, -0.05) is 44.9 Å². The fourth-order valence-corrected chi connectivity index (χ4v) is 3.10. The highest BCUT2D eigenvalue weighted by molar-refractivity contribution is 5.82. The monoisotopic (exact) mass is 268 g/mol. The van der Waals surface area contributed by atoms with Crippen molar-refractivity contribution in [2.45, 2.75) is 58.0 Å². The normalized spacial score (nSPS) is 16.4. The number of aromatic nitrogens is 1. The molecular weight excluding hydrogens is 244 g/mol. The van der Waals surface area contributed by atoms with Gasteiger partial charge in [-0.2, -0.15) is 0 Å². The van der Waals surface area contributed by atoms with Crippen LogP contribution in [0.3, 0.4) is 0 Å². The average molecular weight is 268 g/mol. The molecule has 0 atom stereocenters. The number of fused-ring (bicyclic) bond motifs is 1. The molecule has 0 unspecified atom stereocenters. The van der Waals surface area contributed by atoms with Crippen molar-refractivity contribution in [3.8, 4) is 0 Å². The lowest BCUT2D eigenvalue weighted by molar-refractivity contribution is 0.525. The van der Waals surface area contributed by atoms with E-state index in [9.17, 15) is 0 Å². The highest BCUT2D eigenvalue weighted by Crippen LogP contribution is 2.23. The van der Waals surface area contributed by atoms with Crippen LogP contribution in [-0.4, -0.2) is 11.0 Å².